The van der Waals surface area contributed by atoms with E-state index in [9.17, 15) is 19.4 Å². The van der Waals surface area contributed by atoms with Gasteiger partial charge in [-0.05, 0) is 12.8 Å². The number of rotatable bonds is 33. The second-order valence-corrected chi connectivity index (χ2v) is 15.4. The van der Waals surface area contributed by atoms with Crippen LogP contribution in [0.2, 0.25) is 0 Å². The quantitative estimate of drug-likeness (QED) is 0.0372. The van der Waals surface area contributed by atoms with Gasteiger partial charge in [-0.15, -0.1) is 0 Å². The zero-order chi connectivity index (χ0) is 32.9. The van der Waals surface area contributed by atoms with Crippen LogP contribution < -0.4 is 5.32 Å². The number of carbonyl (C=O) groups is 1. The monoisotopic (exact) mass is 650 g/mol. The van der Waals surface area contributed by atoms with E-state index >= 15 is 0 Å². The summed E-state index contributed by atoms with van der Waals surface area (Å²) < 4.78 is 23.1. The lowest BCUT2D eigenvalue weighted by Crippen LogP contribution is -2.46. The molecule has 3 unspecified atom stereocenters. The van der Waals surface area contributed by atoms with Gasteiger partial charge in [0.2, 0.25) is 5.91 Å². The van der Waals surface area contributed by atoms with Crippen LogP contribution in [0.1, 0.15) is 168 Å². The van der Waals surface area contributed by atoms with Gasteiger partial charge in [0.05, 0.1) is 39.9 Å². The molecule has 3 N–H and O–H groups in total. The summed E-state index contributed by atoms with van der Waals surface area (Å²) in [5.74, 6) is -0.197. The summed E-state index contributed by atoms with van der Waals surface area (Å²) in [5, 5.41) is 13.5. The zero-order valence-electron chi connectivity index (χ0n) is 29.7. The molecule has 264 valence electrons. The van der Waals surface area contributed by atoms with Crippen molar-refractivity contribution in [1.82, 2.24) is 5.32 Å². The average Bonchev–Trinajstić information content (AvgIpc) is 2.95. The van der Waals surface area contributed by atoms with Crippen LogP contribution in [0, 0.1) is 0 Å². The summed E-state index contributed by atoms with van der Waals surface area (Å²) in [5.41, 5.74) is 0. The summed E-state index contributed by atoms with van der Waals surface area (Å²) in [6, 6.07) is -0.748. The van der Waals surface area contributed by atoms with Crippen LogP contribution in [0.15, 0.2) is 0 Å². The molecule has 0 saturated heterocycles. The minimum atomic E-state index is -4.27. The average molecular weight is 650 g/mol. The summed E-state index contributed by atoms with van der Waals surface area (Å²) in [4.78, 5) is 22.2. The van der Waals surface area contributed by atoms with Crippen LogP contribution in [0.5, 0.6) is 0 Å². The van der Waals surface area contributed by atoms with E-state index in [1.807, 2.05) is 28.1 Å². The van der Waals surface area contributed by atoms with Crippen molar-refractivity contribution in [2.45, 2.75) is 180 Å². The van der Waals surface area contributed by atoms with E-state index in [2.05, 4.69) is 12.2 Å². The predicted molar refractivity (Wildman–Crippen MR) is 185 cm³/mol. The molecule has 0 rings (SSSR count). The van der Waals surface area contributed by atoms with E-state index in [4.69, 9.17) is 9.05 Å². The topological polar surface area (TPSA) is 105 Å². The number of amides is 1. The highest BCUT2D eigenvalue weighted by atomic mass is 31.2. The summed E-state index contributed by atoms with van der Waals surface area (Å²) in [6.07, 6.45) is 28.5. The Morgan fingerprint density at radius 1 is 0.682 bits per heavy atom. The Morgan fingerprint density at radius 3 is 1.48 bits per heavy atom. The molecule has 3 atom stereocenters. The molecule has 0 aromatic heterocycles. The van der Waals surface area contributed by atoms with Crippen molar-refractivity contribution in [3.8, 4) is 0 Å². The largest absolute Gasteiger partial charge is 0.472 e. The Bertz CT molecular complexity index is 703. The molecule has 9 heteroatoms. The third-order valence-corrected chi connectivity index (χ3v) is 9.31. The lowest BCUT2D eigenvalue weighted by Gasteiger charge is -2.26. The first kappa shape index (κ1) is 43.5. The van der Waals surface area contributed by atoms with Crippen molar-refractivity contribution < 1.29 is 32.9 Å². The van der Waals surface area contributed by atoms with E-state index in [1.54, 1.807) is 0 Å². The van der Waals surface area contributed by atoms with Crippen molar-refractivity contribution in [3.05, 3.63) is 0 Å². The highest BCUT2D eigenvalue weighted by Gasteiger charge is 2.28. The lowest BCUT2D eigenvalue weighted by atomic mass is 10.0. The van der Waals surface area contributed by atoms with Gasteiger partial charge >= 0.3 is 7.82 Å². The zero-order valence-corrected chi connectivity index (χ0v) is 30.6. The normalized spacial score (nSPS) is 14.8. The van der Waals surface area contributed by atoms with E-state index in [0.29, 0.717) is 30.3 Å². The number of aliphatic hydroxyl groups excluding tert-OH is 1. The fourth-order valence-electron chi connectivity index (χ4n) is 5.38. The van der Waals surface area contributed by atoms with E-state index < -0.39 is 20.0 Å². The van der Waals surface area contributed by atoms with E-state index in [1.165, 1.54) is 116 Å². The number of quaternary nitrogens is 1. The second kappa shape index (κ2) is 28.7. The number of likely N-dealkylation sites (N-methyl/N-ethyl adjacent to an activating group) is 1. The SMILES string of the molecule is CCCCCCCCCCCCCCCCCCCCCCCC(O)C(COP(=O)(O)OCC[N+](C)(C)C)NC(=O)CCC. The summed E-state index contributed by atoms with van der Waals surface area (Å²) in [7, 11) is 1.61. The lowest BCUT2D eigenvalue weighted by molar-refractivity contribution is -0.870. The van der Waals surface area contributed by atoms with Gasteiger partial charge in [-0.2, -0.15) is 0 Å². The molecular weight excluding hydrogens is 575 g/mol. The second-order valence-electron chi connectivity index (χ2n) is 14.0. The Hall–Kier alpha value is -0.500. The first-order valence-electron chi connectivity index (χ1n) is 18.4. The maximum absolute atomic E-state index is 12.3. The Kier molecular flexibility index (Phi) is 28.4. The molecule has 0 aromatic rings. The smallest absolute Gasteiger partial charge is 0.391 e. The van der Waals surface area contributed by atoms with Gasteiger partial charge in [-0.1, -0.05) is 149 Å². The molecule has 1 amide bonds. The van der Waals surface area contributed by atoms with Crippen molar-refractivity contribution in [1.29, 1.82) is 0 Å². The first-order valence-corrected chi connectivity index (χ1v) is 19.9. The van der Waals surface area contributed by atoms with Gasteiger partial charge in [0.1, 0.15) is 13.2 Å². The maximum atomic E-state index is 12.3. The standard InChI is InChI=1S/C35H73N2O6P/c1-6-8-9-10-11-12-13-14-15-16-17-18-19-20-21-22-23-24-25-26-27-29-34(38)33(36-35(39)28-7-2)32-43-44(40,41)42-31-30-37(3,4)5/h33-34,38H,6-32H2,1-5H3,(H-,36,39,40,41)/p+1. The molecule has 0 saturated carbocycles. The highest BCUT2D eigenvalue weighted by Crippen LogP contribution is 2.43. The molecule has 0 aliphatic carbocycles. The molecule has 0 spiro atoms. The number of hydrogen-bond acceptors (Lipinski definition) is 5. The van der Waals surface area contributed by atoms with Crippen molar-refractivity contribution in [2.75, 3.05) is 40.9 Å². The number of aliphatic hydroxyl groups is 1. The molecular formula is C35H74N2O6P+. The molecule has 0 bridgehead atoms. The fourth-order valence-corrected chi connectivity index (χ4v) is 6.12. The Balaban J connectivity index is 3.89. The molecule has 0 aliphatic rings. The van der Waals surface area contributed by atoms with E-state index in [-0.39, 0.29) is 19.1 Å². The molecule has 0 fully saturated rings. The van der Waals surface area contributed by atoms with Gasteiger partial charge in [0, 0.05) is 6.42 Å². The molecule has 0 aliphatic heterocycles. The van der Waals surface area contributed by atoms with Crippen LogP contribution in [-0.4, -0.2) is 73.4 Å². The van der Waals surface area contributed by atoms with Crippen LogP contribution in [0.4, 0.5) is 0 Å². The number of hydrogen-bond donors (Lipinski definition) is 3. The number of unbranched alkanes of at least 4 members (excludes halogenated alkanes) is 20. The van der Waals surface area contributed by atoms with Crippen LogP contribution in [-0.2, 0) is 18.4 Å². The third-order valence-electron chi connectivity index (χ3n) is 8.33. The van der Waals surface area contributed by atoms with E-state index in [0.717, 1.165) is 19.3 Å². The van der Waals surface area contributed by atoms with Gasteiger partial charge < -0.3 is 19.8 Å². The van der Waals surface area contributed by atoms with Crippen molar-refractivity contribution >= 4 is 13.7 Å². The number of phosphoric ester groups is 1. The molecule has 44 heavy (non-hydrogen) atoms. The molecule has 8 nitrogen and oxygen atoms in total. The minimum absolute atomic E-state index is 0.0755. The first-order chi connectivity index (χ1) is 21.0. The third kappa shape index (κ3) is 30.2. The molecule has 0 radical (unpaired) electrons. The molecule has 0 aromatic carbocycles. The van der Waals surface area contributed by atoms with Crippen molar-refractivity contribution in [3.63, 3.8) is 0 Å². The van der Waals surface area contributed by atoms with Gasteiger partial charge in [-0.3, -0.25) is 13.8 Å². The molecule has 0 heterocycles. The predicted octanol–water partition coefficient (Wildman–Crippen LogP) is 9.07. The van der Waals surface area contributed by atoms with Gasteiger partial charge in [-0.25, -0.2) is 4.57 Å². The summed E-state index contributed by atoms with van der Waals surface area (Å²) in [6.45, 7) is 4.54. The van der Waals surface area contributed by atoms with Crippen molar-refractivity contribution in [2.24, 2.45) is 0 Å². The Labute approximate surface area is 272 Å². The van der Waals surface area contributed by atoms with Gasteiger partial charge in [0.25, 0.3) is 0 Å². The van der Waals surface area contributed by atoms with Gasteiger partial charge in [0.15, 0.2) is 0 Å². The minimum Gasteiger partial charge on any atom is -0.391 e. The highest BCUT2D eigenvalue weighted by molar-refractivity contribution is 7.47. The fraction of sp³-hybridized carbons (Fsp3) is 0.971. The van der Waals surface area contributed by atoms with Crippen LogP contribution >= 0.6 is 7.82 Å². The Morgan fingerprint density at radius 2 is 1.09 bits per heavy atom. The number of phosphoric acid groups is 1. The number of nitrogens with one attached hydrogen (secondary N) is 1. The summed E-state index contributed by atoms with van der Waals surface area (Å²) >= 11 is 0. The maximum Gasteiger partial charge on any atom is 0.472 e. The number of carbonyl (C=O) groups excluding carboxylic acids is 1. The van der Waals surface area contributed by atoms with Crippen LogP contribution in [0.3, 0.4) is 0 Å². The van der Waals surface area contributed by atoms with Crippen LogP contribution in [0.25, 0.3) is 0 Å². The number of nitrogens with zero attached hydrogens (tertiary/aromatic N) is 1.